The summed E-state index contributed by atoms with van der Waals surface area (Å²) in [6.45, 7) is 0.270. The van der Waals surface area contributed by atoms with Crippen LogP contribution >= 0.6 is 0 Å². The number of aromatic nitrogens is 1. The van der Waals surface area contributed by atoms with Gasteiger partial charge in [0.25, 0.3) is 5.91 Å². The molecule has 7 heteroatoms. The van der Waals surface area contributed by atoms with E-state index in [0.29, 0.717) is 16.7 Å². The van der Waals surface area contributed by atoms with Gasteiger partial charge in [-0.15, -0.1) is 0 Å². The maximum atomic E-state index is 12.3. The average molecular weight is 388 g/mol. The van der Waals surface area contributed by atoms with Gasteiger partial charge in [-0.3, -0.25) is 10.2 Å². The Morgan fingerprint density at radius 1 is 1.07 bits per heavy atom. The lowest BCUT2D eigenvalue weighted by atomic mass is 10.0. The number of amidine groups is 1. The number of nitrogens with one attached hydrogen (secondary N) is 2. The van der Waals surface area contributed by atoms with Crippen LogP contribution in [0.1, 0.15) is 21.5 Å². The van der Waals surface area contributed by atoms with Gasteiger partial charge in [-0.1, -0.05) is 24.3 Å². The zero-order chi connectivity index (χ0) is 20.8. The fourth-order valence-corrected chi connectivity index (χ4v) is 2.71. The molecule has 3 aromatic rings. The Morgan fingerprint density at radius 3 is 2.34 bits per heavy atom. The van der Waals surface area contributed by atoms with Crippen LogP contribution in [0.15, 0.2) is 73.1 Å². The van der Waals surface area contributed by atoms with Gasteiger partial charge in [0, 0.05) is 35.4 Å². The molecule has 0 spiro atoms. The predicted molar refractivity (Wildman–Crippen MR) is 111 cm³/mol. The first kappa shape index (κ1) is 19.6. The number of carbonyl (C=O) groups is 1. The summed E-state index contributed by atoms with van der Waals surface area (Å²) in [5, 5.41) is 31.2. The van der Waals surface area contributed by atoms with E-state index in [2.05, 4.69) is 5.32 Å². The van der Waals surface area contributed by atoms with Crippen LogP contribution in [-0.4, -0.2) is 23.4 Å². The third-order valence-corrected chi connectivity index (χ3v) is 4.30. The second kappa shape index (κ2) is 8.71. The molecule has 3 rings (SSSR count). The van der Waals surface area contributed by atoms with Crippen LogP contribution < -0.4 is 15.8 Å². The smallest absolute Gasteiger partial charge is 0.251 e. The standard InChI is InChI=1S/C22H20N4O3/c23-21(24)19-7-8-20(27)18(14-19)2-1-11-25-22(28)17-5-3-15(4-6-17)16-9-12-26(29)13-10-16/h1-10,12-14,27H,11H2,(H3,23,24)(H,25,28)/b2-1+. The van der Waals surface area contributed by atoms with Crippen LogP contribution in [-0.2, 0) is 0 Å². The maximum Gasteiger partial charge on any atom is 0.251 e. The van der Waals surface area contributed by atoms with Gasteiger partial charge in [0.2, 0.25) is 0 Å². The molecule has 0 radical (unpaired) electrons. The Labute approximate surface area is 167 Å². The van der Waals surface area contributed by atoms with Crippen molar-refractivity contribution in [3.8, 4) is 16.9 Å². The quantitative estimate of drug-likeness (QED) is 0.224. The molecule has 0 aliphatic rings. The lowest BCUT2D eigenvalue weighted by Crippen LogP contribution is -2.23. The van der Waals surface area contributed by atoms with E-state index in [-0.39, 0.29) is 24.0 Å². The molecule has 146 valence electrons. The molecule has 0 atom stereocenters. The van der Waals surface area contributed by atoms with E-state index in [4.69, 9.17) is 11.1 Å². The maximum absolute atomic E-state index is 12.3. The summed E-state index contributed by atoms with van der Waals surface area (Å²) >= 11 is 0. The molecule has 1 amide bonds. The highest BCUT2D eigenvalue weighted by Crippen LogP contribution is 2.20. The first-order chi connectivity index (χ1) is 13.9. The van der Waals surface area contributed by atoms with Gasteiger partial charge in [0.05, 0.1) is 0 Å². The summed E-state index contributed by atoms with van der Waals surface area (Å²) in [5.41, 5.74) is 8.78. The molecule has 7 nitrogen and oxygen atoms in total. The van der Waals surface area contributed by atoms with Gasteiger partial charge in [-0.2, -0.15) is 4.73 Å². The predicted octanol–water partition coefficient (Wildman–Crippen LogP) is 2.42. The third kappa shape index (κ3) is 4.98. The number of nitrogens with two attached hydrogens (primary N) is 1. The Kier molecular flexibility index (Phi) is 5.89. The number of phenolic OH excluding ortho intramolecular Hbond substituents is 1. The number of nitrogen functional groups attached to an aromatic ring is 1. The van der Waals surface area contributed by atoms with Crippen molar-refractivity contribution in [3.05, 3.63) is 95.0 Å². The number of pyridine rings is 1. The molecule has 0 bridgehead atoms. The van der Waals surface area contributed by atoms with Crippen LogP contribution in [0.25, 0.3) is 17.2 Å². The van der Waals surface area contributed by atoms with E-state index in [1.807, 2.05) is 12.1 Å². The molecule has 0 aliphatic carbocycles. The van der Waals surface area contributed by atoms with E-state index in [9.17, 15) is 15.1 Å². The van der Waals surface area contributed by atoms with E-state index < -0.39 is 0 Å². The van der Waals surface area contributed by atoms with Gasteiger partial charge in [0.1, 0.15) is 11.6 Å². The number of aromatic hydroxyl groups is 1. The number of benzene rings is 2. The number of carbonyl (C=O) groups excluding carboxylic acids is 1. The number of hydrogen-bond donors (Lipinski definition) is 4. The van der Waals surface area contributed by atoms with Crippen molar-refractivity contribution in [3.63, 3.8) is 0 Å². The zero-order valence-electron chi connectivity index (χ0n) is 15.5. The molecule has 0 saturated carbocycles. The van der Waals surface area contributed by atoms with Crippen molar-refractivity contribution in [2.45, 2.75) is 0 Å². The number of hydrogen-bond acceptors (Lipinski definition) is 4. The molecule has 0 fully saturated rings. The monoisotopic (exact) mass is 388 g/mol. The molecule has 29 heavy (non-hydrogen) atoms. The van der Waals surface area contributed by atoms with Gasteiger partial charge >= 0.3 is 0 Å². The molecular weight excluding hydrogens is 368 g/mol. The second-order valence-corrected chi connectivity index (χ2v) is 6.32. The van der Waals surface area contributed by atoms with E-state index >= 15 is 0 Å². The summed E-state index contributed by atoms with van der Waals surface area (Å²) in [7, 11) is 0. The van der Waals surface area contributed by atoms with Crippen LogP contribution in [0.3, 0.4) is 0 Å². The molecule has 2 aromatic carbocycles. The van der Waals surface area contributed by atoms with Crippen molar-refractivity contribution in [2.24, 2.45) is 5.73 Å². The number of phenols is 1. The third-order valence-electron chi connectivity index (χ3n) is 4.30. The summed E-state index contributed by atoms with van der Waals surface area (Å²) in [6.07, 6.45) is 6.20. The Balaban J connectivity index is 1.59. The van der Waals surface area contributed by atoms with Crippen molar-refractivity contribution in [2.75, 3.05) is 6.54 Å². The van der Waals surface area contributed by atoms with Crippen LogP contribution in [0, 0.1) is 10.6 Å². The first-order valence-electron chi connectivity index (χ1n) is 8.85. The minimum atomic E-state index is -0.228. The second-order valence-electron chi connectivity index (χ2n) is 6.32. The number of nitrogens with zero attached hydrogens (tertiary/aromatic N) is 1. The van der Waals surface area contributed by atoms with Gasteiger partial charge in [0.15, 0.2) is 12.4 Å². The first-order valence-corrected chi connectivity index (χ1v) is 8.85. The molecule has 0 saturated heterocycles. The molecule has 0 unspecified atom stereocenters. The van der Waals surface area contributed by atoms with Crippen LogP contribution in [0.4, 0.5) is 0 Å². The lowest BCUT2D eigenvalue weighted by Gasteiger charge is -2.06. The summed E-state index contributed by atoms with van der Waals surface area (Å²) in [5.74, 6) is -0.246. The van der Waals surface area contributed by atoms with Gasteiger partial charge in [-0.05, 0) is 41.5 Å². The summed E-state index contributed by atoms with van der Waals surface area (Å²) in [4.78, 5) is 12.3. The molecule has 1 aromatic heterocycles. The topological polar surface area (TPSA) is 126 Å². The van der Waals surface area contributed by atoms with Gasteiger partial charge < -0.3 is 21.4 Å². The molecule has 1 heterocycles. The van der Waals surface area contributed by atoms with E-state index in [1.54, 1.807) is 48.6 Å². The molecular formula is C22H20N4O3. The minimum absolute atomic E-state index is 0.0663. The Hall–Kier alpha value is -4.13. The Morgan fingerprint density at radius 2 is 1.69 bits per heavy atom. The van der Waals surface area contributed by atoms with E-state index in [0.717, 1.165) is 15.9 Å². The Bertz CT molecular complexity index is 1060. The summed E-state index contributed by atoms with van der Waals surface area (Å²) < 4.78 is 0.717. The lowest BCUT2D eigenvalue weighted by molar-refractivity contribution is -0.605. The van der Waals surface area contributed by atoms with Crippen LogP contribution in [0.5, 0.6) is 5.75 Å². The fraction of sp³-hybridized carbons (Fsp3) is 0.0455. The fourth-order valence-electron chi connectivity index (χ4n) is 2.71. The van der Waals surface area contributed by atoms with Crippen molar-refractivity contribution in [1.29, 1.82) is 5.41 Å². The van der Waals surface area contributed by atoms with E-state index in [1.165, 1.54) is 18.5 Å². The van der Waals surface area contributed by atoms with Crippen molar-refractivity contribution in [1.82, 2.24) is 5.32 Å². The highest BCUT2D eigenvalue weighted by Gasteiger charge is 2.06. The highest BCUT2D eigenvalue weighted by molar-refractivity contribution is 5.96. The average Bonchev–Trinajstić information content (AvgIpc) is 2.72. The van der Waals surface area contributed by atoms with Crippen molar-refractivity contribution < 1.29 is 14.6 Å². The van der Waals surface area contributed by atoms with Gasteiger partial charge in [-0.25, -0.2) is 0 Å². The SMILES string of the molecule is N=C(N)c1ccc(O)c(/C=C/CNC(=O)c2ccc(-c3cc[n+]([O-])cc3)cc2)c1. The molecule has 0 aliphatic heterocycles. The number of rotatable bonds is 6. The normalized spacial score (nSPS) is 10.8. The molecule has 5 N–H and O–H groups in total. The summed E-state index contributed by atoms with van der Waals surface area (Å²) in [6, 6.07) is 15.1. The number of amides is 1. The zero-order valence-corrected chi connectivity index (χ0v) is 15.5. The van der Waals surface area contributed by atoms with Crippen molar-refractivity contribution >= 4 is 17.8 Å². The largest absolute Gasteiger partial charge is 0.619 e. The van der Waals surface area contributed by atoms with Crippen LogP contribution in [0.2, 0.25) is 0 Å². The minimum Gasteiger partial charge on any atom is -0.619 e. The highest BCUT2D eigenvalue weighted by atomic mass is 16.5.